The van der Waals surface area contributed by atoms with E-state index >= 15 is 0 Å². The lowest BCUT2D eigenvalue weighted by molar-refractivity contribution is -0.114. The normalized spacial score (nSPS) is 24.3. The number of carbonyl (C=O) groups is 2. The van der Waals surface area contributed by atoms with Gasteiger partial charge in [-0.25, -0.2) is 4.79 Å². The number of benzene rings is 1. The lowest BCUT2D eigenvalue weighted by atomic mass is 9.71. The molecule has 0 radical (unpaired) electrons. The molecule has 0 amide bonds. The topological polar surface area (TPSA) is 70.1 Å². The Morgan fingerprint density at radius 2 is 1.77 bits per heavy atom. The quantitative estimate of drug-likeness (QED) is 0.749. The third kappa shape index (κ3) is 3.92. The average Bonchev–Trinajstić information content (AvgIpc) is 3.37. The Balaban J connectivity index is 1.15. The number of rotatable bonds is 4. The average molecular weight is 425 g/mol. The van der Waals surface area contributed by atoms with E-state index in [4.69, 9.17) is 4.74 Å². The molecule has 6 nitrogen and oxygen atoms in total. The van der Waals surface area contributed by atoms with Crippen LogP contribution in [0.1, 0.15) is 71.7 Å². The molecule has 1 spiro atoms. The summed E-state index contributed by atoms with van der Waals surface area (Å²) in [6, 6.07) is 3.68. The van der Waals surface area contributed by atoms with Crippen molar-refractivity contribution in [2.45, 2.75) is 58.2 Å². The zero-order valence-electron chi connectivity index (χ0n) is 18.4. The van der Waals surface area contributed by atoms with Crippen LogP contribution in [-0.4, -0.2) is 59.4 Å². The van der Waals surface area contributed by atoms with Crippen LogP contribution in [0.2, 0.25) is 0 Å². The maximum atomic E-state index is 11.8. The number of nitrogens with zero attached hydrogens (tertiary/aromatic N) is 2. The van der Waals surface area contributed by atoms with Crippen molar-refractivity contribution in [3.05, 3.63) is 46.2 Å². The number of likely N-dealkylation sites (tertiary alicyclic amines) is 2. The molecule has 0 saturated carbocycles. The summed E-state index contributed by atoms with van der Waals surface area (Å²) in [5.74, 6) is 0.0159. The van der Waals surface area contributed by atoms with Crippen LogP contribution in [0.4, 0.5) is 0 Å². The maximum absolute atomic E-state index is 11.8. The molecule has 1 aliphatic carbocycles. The molecule has 5 rings (SSSR count). The Hall–Kier alpha value is -2.18. The minimum Gasteiger partial charge on any atom is -0.457 e. The highest BCUT2D eigenvalue weighted by Gasteiger charge is 2.38. The molecule has 0 unspecified atom stereocenters. The van der Waals surface area contributed by atoms with Gasteiger partial charge in [-0.15, -0.1) is 0 Å². The fourth-order valence-electron chi connectivity index (χ4n) is 5.88. The molecule has 1 aromatic rings. The van der Waals surface area contributed by atoms with Gasteiger partial charge in [-0.3, -0.25) is 4.79 Å². The lowest BCUT2D eigenvalue weighted by Gasteiger charge is -2.48. The number of hydrogen-bond donors (Lipinski definition) is 1. The number of allylic oxidation sites excluding steroid dienone is 2. The fraction of sp³-hybridized carbons (Fsp3) is 0.600. The summed E-state index contributed by atoms with van der Waals surface area (Å²) in [5.41, 5.74) is 5.11. The summed E-state index contributed by atoms with van der Waals surface area (Å²) in [5, 5.41) is 10.9. The van der Waals surface area contributed by atoms with Crippen molar-refractivity contribution in [2.24, 2.45) is 5.41 Å². The van der Waals surface area contributed by atoms with Gasteiger partial charge in [-0.05, 0) is 74.7 Å². The van der Waals surface area contributed by atoms with Crippen molar-refractivity contribution in [2.75, 3.05) is 32.7 Å². The molecule has 31 heavy (non-hydrogen) atoms. The van der Waals surface area contributed by atoms with Crippen LogP contribution in [0.3, 0.4) is 0 Å². The Morgan fingerprint density at radius 3 is 2.45 bits per heavy atom. The van der Waals surface area contributed by atoms with Crippen LogP contribution in [0.15, 0.2) is 23.9 Å². The maximum Gasteiger partial charge on any atom is 0.338 e. The summed E-state index contributed by atoms with van der Waals surface area (Å²) in [4.78, 5) is 28.1. The zero-order valence-corrected chi connectivity index (χ0v) is 18.4. The van der Waals surface area contributed by atoms with E-state index in [9.17, 15) is 14.7 Å². The first kappa shape index (κ1) is 20.7. The van der Waals surface area contributed by atoms with E-state index in [0.29, 0.717) is 30.6 Å². The highest BCUT2D eigenvalue weighted by molar-refractivity contribution is 5.94. The number of cyclic esters (lactones) is 1. The smallest absolute Gasteiger partial charge is 0.338 e. The van der Waals surface area contributed by atoms with Crippen molar-refractivity contribution >= 4 is 11.8 Å². The molecular weight excluding hydrogens is 392 g/mol. The predicted octanol–water partition coefficient (Wildman–Crippen LogP) is 3.12. The van der Waals surface area contributed by atoms with E-state index in [1.54, 1.807) is 6.07 Å². The van der Waals surface area contributed by atoms with Crippen LogP contribution < -0.4 is 0 Å². The number of aliphatic hydroxyl groups is 1. The van der Waals surface area contributed by atoms with Gasteiger partial charge >= 0.3 is 5.97 Å². The van der Waals surface area contributed by atoms with Crippen molar-refractivity contribution in [3.63, 3.8) is 0 Å². The highest BCUT2D eigenvalue weighted by atomic mass is 16.5. The van der Waals surface area contributed by atoms with E-state index in [0.717, 1.165) is 49.3 Å². The third-order valence-corrected chi connectivity index (χ3v) is 8.10. The van der Waals surface area contributed by atoms with E-state index in [2.05, 4.69) is 9.80 Å². The second-order valence-corrected chi connectivity index (χ2v) is 9.79. The SMILES string of the molecule is Cc1c([C@@H](O)CN2CCC3(CC2)CCN(C2=CC(=O)CC2)CC3)ccc2c1COC2=O. The predicted molar refractivity (Wildman–Crippen MR) is 116 cm³/mol. The van der Waals surface area contributed by atoms with Crippen molar-refractivity contribution in [1.29, 1.82) is 0 Å². The summed E-state index contributed by atoms with van der Waals surface area (Å²) in [6.07, 6.45) is 7.66. The van der Waals surface area contributed by atoms with Gasteiger partial charge in [0.05, 0.1) is 11.7 Å². The molecule has 1 atom stereocenters. The molecule has 1 N–H and O–H groups in total. The largest absolute Gasteiger partial charge is 0.457 e. The Kier molecular flexibility index (Phi) is 5.39. The van der Waals surface area contributed by atoms with Gasteiger partial charge in [0.2, 0.25) is 0 Å². The standard InChI is InChI=1S/C25H32N2O4/c1-17-20(4-5-21-22(17)16-31-24(21)30)23(29)15-26-10-6-25(7-11-26)8-12-27(13-9-25)18-2-3-19(28)14-18/h4-5,14,23,29H,2-3,6-13,15-16H2,1H3/t23-/m0/s1. The van der Waals surface area contributed by atoms with Crippen LogP contribution in [-0.2, 0) is 16.1 Å². The number of fused-ring (bicyclic) bond motifs is 1. The van der Waals surface area contributed by atoms with Crippen LogP contribution in [0, 0.1) is 12.3 Å². The number of ketones is 1. The molecule has 0 bridgehead atoms. The van der Waals surface area contributed by atoms with E-state index in [-0.39, 0.29) is 11.8 Å². The van der Waals surface area contributed by atoms with E-state index < -0.39 is 6.10 Å². The van der Waals surface area contributed by atoms with Gasteiger partial charge in [0.1, 0.15) is 6.61 Å². The molecule has 166 valence electrons. The Bertz CT molecular complexity index is 920. The zero-order chi connectivity index (χ0) is 21.6. The molecule has 1 aromatic carbocycles. The highest BCUT2D eigenvalue weighted by Crippen LogP contribution is 2.43. The van der Waals surface area contributed by atoms with Gasteiger partial charge in [0.25, 0.3) is 0 Å². The van der Waals surface area contributed by atoms with Crippen LogP contribution >= 0.6 is 0 Å². The molecule has 2 saturated heterocycles. The summed E-state index contributed by atoms with van der Waals surface area (Å²) < 4.78 is 5.14. The second-order valence-electron chi connectivity index (χ2n) is 9.79. The van der Waals surface area contributed by atoms with E-state index in [1.807, 2.05) is 19.1 Å². The Labute approximate surface area is 183 Å². The molecule has 0 aromatic heterocycles. The van der Waals surface area contributed by atoms with Gasteiger partial charge in [0, 0.05) is 43.4 Å². The molecule has 3 aliphatic heterocycles. The summed E-state index contributed by atoms with van der Waals surface area (Å²) >= 11 is 0. The number of aliphatic hydroxyl groups excluding tert-OH is 1. The minimum atomic E-state index is -0.552. The molecule has 2 fully saturated rings. The first-order chi connectivity index (χ1) is 14.9. The van der Waals surface area contributed by atoms with Crippen LogP contribution in [0.25, 0.3) is 0 Å². The monoisotopic (exact) mass is 424 g/mol. The van der Waals surface area contributed by atoms with Crippen molar-refractivity contribution in [1.82, 2.24) is 9.80 Å². The van der Waals surface area contributed by atoms with Crippen molar-refractivity contribution < 1.29 is 19.4 Å². The number of carbonyl (C=O) groups excluding carboxylic acids is 2. The molecule has 6 heteroatoms. The third-order valence-electron chi connectivity index (χ3n) is 8.10. The number of β-amino-alcohol motifs (C(OH)–C–C–N with tert-alkyl or cyclic N) is 1. The first-order valence-corrected chi connectivity index (χ1v) is 11.6. The van der Waals surface area contributed by atoms with Gasteiger partial charge in [0.15, 0.2) is 5.78 Å². The number of ether oxygens (including phenoxy) is 1. The molecule has 3 heterocycles. The minimum absolute atomic E-state index is 0.262. The Morgan fingerprint density at radius 1 is 1.06 bits per heavy atom. The number of hydrogen-bond acceptors (Lipinski definition) is 6. The van der Waals surface area contributed by atoms with Gasteiger partial charge in [-0.2, -0.15) is 0 Å². The number of esters is 1. The van der Waals surface area contributed by atoms with Gasteiger partial charge in [-0.1, -0.05) is 6.07 Å². The van der Waals surface area contributed by atoms with E-state index in [1.165, 1.54) is 31.4 Å². The molecule has 4 aliphatic rings. The van der Waals surface area contributed by atoms with Gasteiger partial charge < -0.3 is 19.6 Å². The number of piperidine rings is 2. The summed E-state index contributed by atoms with van der Waals surface area (Å²) in [6.45, 7) is 7.09. The second kappa shape index (κ2) is 8.06. The fourth-order valence-corrected chi connectivity index (χ4v) is 5.88. The molecular formula is C25H32N2O4. The van der Waals surface area contributed by atoms with Crippen molar-refractivity contribution in [3.8, 4) is 0 Å². The van der Waals surface area contributed by atoms with Crippen LogP contribution in [0.5, 0.6) is 0 Å². The first-order valence-electron chi connectivity index (χ1n) is 11.6. The lowest BCUT2D eigenvalue weighted by Crippen LogP contribution is -2.47. The summed E-state index contributed by atoms with van der Waals surface area (Å²) in [7, 11) is 0.